The molecule has 0 unspecified atom stereocenters. The molecule has 0 radical (unpaired) electrons. The highest BCUT2D eigenvalue weighted by atomic mass is 35.5. The highest BCUT2D eigenvalue weighted by Crippen LogP contribution is 2.33. The number of anilines is 1. The number of unbranched alkanes of at least 4 members (excludes halogenated alkanes) is 1. The molecule has 2 heterocycles. The van der Waals surface area contributed by atoms with Gasteiger partial charge in [-0.1, -0.05) is 37.1 Å². The maximum atomic E-state index is 12.5. The summed E-state index contributed by atoms with van der Waals surface area (Å²) in [4.78, 5) is 13.0. The van der Waals surface area contributed by atoms with E-state index in [-0.39, 0.29) is 17.6 Å². The van der Waals surface area contributed by atoms with E-state index >= 15 is 0 Å². The molecule has 3 aromatic rings. The lowest BCUT2D eigenvalue weighted by molar-refractivity contribution is 0.394. The molecule has 3 rings (SSSR count). The summed E-state index contributed by atoms with van der Waals surface area (Å²) in [6, 6.07) is 8.68. The van der Waals surface area contributed by atoms with Gasteiger partial charge in [0.1, 0.15) is 5.82 Å². The molecule has 10 heteroatoms. The number of sulfonamides is 1. The second-order valence-electron chi connectivity index (χ2n) is 7.23. The van der Waals surface area contributed by atoms with Crippen molar-refractivity contribution in [3.8, 4) is 28.9 Å². The molecule has 0 saturated carbocycles. The van der Waals surface area contributed by atoms with Crippen molar-refractivity contribution in [2.45, 2.75) is 33.6 Å². The van der Waals surface area contributed by atoms with Crippen LogP contribution in [0, 0.1) is 13.8 Å². The number of benzene rings is 1. The molecule has 0 spiro atoms. The Morgan fingerprint density at radius 1 is 1.12 bits per heavy atom. The first-order chi connectivity index (χ1) is 15.2. The zero-order chi connectivity index (χ0) is 23.3. The van der Waals surface area contributed by atoms with Gasteiger partial charge in [-0.05, 0) is 38.0 Å². The molecule has 0 atom stereocenters. The molecule has 2 aromatic heterocycles. The average molecular weight is 477 g/mol. The van der Waals surface area contributed by atoms with Crippen LogP contribution in [0.1, 0.15) is 30.9 Å². The Hall–Kier alpha value is -2.91. The Labute approximate surface area is 193 Å². The minimum Gasteiger partial charge on any atom is -0.481 e. The molecule has 0 saturated heterocycles. The fraction of sp³-hybridized carbons (Fsp3) is 0.318. The molecular weight excluding hydrogens is 452 g/mol. The minimum atomic E-state index is -3.58. The summed E-state index contributed by atoms with van der Waals surface area (Å²) < 4.78 is 38.5. The van der Waals surface area contributed by atoms with E-state index in [1.807, 2.05) is 32.9 Å². The first kappa shape index (κ1) is 23.7. The van der Waals surface area contributed by atoms with Gasteiger partial charge in [-0.15, -0.1) is 0 Å². The Morgan fingerprint density at radius 2 is 1.91 bits per heavy atom. The van der Waals surface area contributed by atoms with Gasteiger partial charge in [-0.25, -0.2) is 13.4 Å². The molecule has 8 nitrogen and oxygen atoms in total. The van der Waals surface area contributed by atoms with E-state index in [0.717, 1.165) is 17.5 Å². The van der Waals surface area contributed by atoms with Gasteiger partial charge in [-0.2, -0.15) is 9.97 Å². The molecule has 1 aromatic carbocycles. The highest BCUT2D eigenvalue weighted by molar-refractivity contribution is 7.92. The molecule has 1 N–H and O–H groups in total. The Morgan fingerprint density at radius 3 is 2.56 bits per heavy atom. The zero-order valence-electron chi connectivity index (χ0n) is 18.3. The largest absolute Gasteiger partial charge is 0.481 e. The van der Waals surface area contributed by atoms with Crippen LogP contribution in [0.4, 0.5) is 5.82 Å². The van der Waals surface area contributed by atoms with Crippen molar-refractivity contribution in [3.05, 3.63) is 52.7 Å². The number of methoxy groups -OCH3 is 1. The average Bonchev–Trinajstić information content (AvgIpc) is 2.74. The minimum absolute atomic E-state index is 0.00809. The fourth-order valence-corrected chi connectivity index (χ4v) is 4.42. The number of rotatable bonds is 9. The summed E-state index contributed by atoms with van der Waals surface area (Å²) in [5, 5.41) is 0.394. The van der Waals surface area contributed by atoms with Crippen LogP contribution in [-0.4, -0.2) is 36.2 Å². The second kappa shape index (κ2) is 10.1. The molecule has 170 valence electrons. The third kappa shape index (κ3) is 5.86. The van der Waals surface area contributed by atoms with E-state index in [0.29, 0.717) is 34.3 Å². The number of nitrogens with one attached hydrogen (secondary N) is 1. The van der Waals surface area contributed by atoms with Gasteiger partial charge in [0.15, 0.2) is 5.75 Å². The first-order valence-electron chi connectivity index (χ1n) is 10.1. The number of para-hydroxylation sites is 1. The topological polar surface area (TPSA) is 103 Å². The molecule has 0 bridgehead atoms. The van der Waals surface area contributed by atoms with Crippen molar-refractivity contribution in [2.75, 3.05) is 17.6 Å². The normalized spacial score (nSPS) is 11.3. The van der Waals surface area contributed by atoms with Crippen molar-refractivity contribution in [1.29, 1.82) is 0 Å². The van der Waals surface area contributed by atoms with Crippen molar-refractivity contribution in [3.63, 3.8) is 0 Å². The summed E-state index contributed by atoms with van der Waals surface area (Å²) in [6.45, 7) is 5.63. The van der Waals surface area contributed by atoms with Crippen LogP contribution in [0.25, 0.3) is 11.3 Å². The zero-order valence-corrected chi connectivity index (χ0v) is 19.9. The van der Waals surface area contributed by atoms with E-state index < -0.39 is 10.0 Å². The standard InChI is InChI=1S/C22H25ClN4O4S/c1-5-6-10-32(28,29)27-19-12-18(16-11-15(3)21(30-4)24-13-16)25-22(26-19)31-20-14(2)8-7-9-17(20)23/h7-9,11-13H,5-6,10H2,1-4H3,(H,25,26,27). The number of hydrogen-bond donors (Lipinski definition) is 1. The molecule has 0 amide bonds. The van der Waals surface area contributed by atoms with Crippen molar-refractivity contribution >= 4 is 27.4 Å². The Kier molecular flexibility index (Phi) is 7.52. The number of hydrogen-bond acceptors (Lipinski definition) is 7. The van der Waals surface area contributed by atoms with Crippen LogP contribution in [0.3, 0.4) is 0 Å². The molecule has 0 aliphatic heterocycles. The first-order valence-corrected chi connectivity index (χ1v) is 12.1. The molecule has 0 aliphatic carbocycles. The number of aryl methyl sites for hydroxylation is 2. The van der Waals surface area contributed by atoms with Gasteiger partial charge in [-0.3, -0.25) is 4.72 Å². The van der Waals surface area contributed by atoms with Crippen LogP contribution in [0.2, 0.25) is 5.02 Å². The summed E-state index contributed by atoms with van der Waals surface area (Å²) >= 11 is 6.28. The maximum absolute atomic E-state index is 12.5. The lowest BCUT2D eigenvalue weighted by Crippen LogP contribution is -2.17. The van der Waals surface area contributed by atoms with Crippen LogP contribution in [0.5, 0.6) is 17.6 Å². The van der Waals surface area contributed by atoms with Crippen LogP contribution >= 0.6 is 11.6 Å². The van der Waals surface area contributed by atoms with Gasteiger partial charge in [0.05, 0.1) is 23.6 Å². The Bertz CT molecular complexity index is 1200. The highest BCUT2D eigenvalue weighted by Gasteiger charge is 2.17. The van der Waals surface area contributed by atoms with Crippen molar-refractivity contribution < 1.29 is 17.9 Å². The lowest BCUT2D eigenvalue weighted by atomic mass is 10.1. The summed E-state index contributed by atoms with van der Waals surface area (Å²) in [7, 11) is -2.04. The number of aromatic nitrogens is 3. The van der Waals surface area contributed by atoms with Gasteiger partial charge in [0.25, 0.3) is 0 Å². The molecule has 0 fully saturated rings. The van der Waals surface area contributed by atoms with E-state index in [2.05, 4.69) is 19.7 Å². The van der Waals surface area contributed by atoms with Crippen molar-refractivity contribution in [1.82, 2.24) is 15.0 Å². The summed E-state index contributed by atoms with van der Waals surface area (Å²) in [5.41, 5.74) is 2.68. The number of nitrogens with zero attached hydrogens (tertiary/aromatic N) is 3. The van der Waals surface area contributed by atoms with Crippen LogP contribution in [-0.2, 0) is 10.0 Å². The Balaban J connectivity index is 2.06. The van der Waals surface area contributed by atoms with E-state index in [9.17, 15) is 8.42 Å². The third-order valence-electron chi connectivity index (χ3n) is 4.61. The third-order valence-corrected chi connectivity index (χ3v) is 6.25. The number of halogens is 1. The predicted molar refractivity (Wildman–Crippen MR) is 125 cm³/mol. The van der Waals surface area contributed by atoms with Gasteiger partial charge in [0, 0.05) is 23.4 Å². The smallest absolute Gasteiger partial charge is 0.324 e. The van der Waals surface area contributed by atoms with E-state index in [1.54, 1.807) is 31.5 Å². The predicted octanol–water partition coefficient (Wildman–Crippen LogP) is 5.15. The number of ether oxygens (including phenoxy) is 2. The SMILES string of the molecule is CCCCS(=O)(=O)Nc1cc(-c2cnc(OC)c(C)c2)nc(Oc2c(C)cccc2Cl)n1. The molecule has 32 heavy (non-hydrogen) atoms. The summed E-state index contributed by atoms with van der Waals surface area (Å²) in [5.74, 6) is 0.979. The van der Waals surface area contributed by atoms with Gasteiger partial charge >= 0.3 is 6.01 Å². The van der Waals surface area contributed by atoms with Crippen LogP contribution in [0.15, 0.2) is 36.5 Å². The monoisotopic (exact) mass is 476 g/mol. The van der Waals surface area contributed by atoms with Crippen molar-refractivity contribution in [2.24, 2.45) is 0 Å². The number of pyridine rings is 1. The van der Waals surface area contributed by atoms with E-state index in [4.69, 9.17) is 21.1 Å². The fourth-order valence-electron chi connectivity index (χ4n) is 2.97. The second-order valence-corrected chi connectivity index (χ2v) is 9.48. The lowest BCUT2D eigenvalue weighted by Gasteiger charge is -2.13. The maximum Gasteiger partial charge on any atom is 0.324 e. The van der Waals surface area contributed by atoms with Gasteiger partial charge < -0.3 is 9.47 Å². The van der Waals surface area contributed by atoms with E-state index in [1.165, 1.54) is 0 Å². The summed E-state index contributed by atoms with van der Waals surface area (Å²) in [6.07, 6.45) is 2.89. The van der Waals surface area contributed by atoms with Crippen LogP contribution < -0.4 is 14.2 Å². The quantitative estimate of drug-likeness (QED) is 0.455. The molecule has 0 aliphatic rings. The van der Waals surface area contributed by atoms with Gasteiger partial charge in [0.2, 0.25) is 15.9 Å². The molecular formula is C22H25ClN4O4S.